The van der Waals surface area contributed by atoms with Crippen molar-refractivity contribution in [1.82, 2.24) is 14.8 Å². The van der Waals surface area contributed by atoms with Gasteiger partial charge in [0, 0.05) is 30.9 Å². The molecular weight excluding hydrogens is 242 g/mol. The van der Waals surface area contributed by atoms with Gasteiger partial charge in [-0.25, -0.2) is 9.67 Å². The molecule has 2 heterocycles. The molecule has 0 amide bonds. The lowest BCUT2D eigenvalue weighted by Crippen LogP contribution is -1.97. The minimum atomic E-state index is -0.151. The van der Waals surface area contributed by atoms with Crippen LogP contribution in [0, 0.1) is 6.92 Å². The summed E-state index contributed by atoms with van der Waals surface area (Å²) in [6.45, 7) is 1.73. The number of rotatable bonds is 3. The lowest BCUT2D eigenvalue weighted by atomic mass is 10.3. The van der Waals surface area contributed by atoms with E-state index in [0.717, 1.165) is 5.69 Å². The van der Waals surface area contributed by atoms with Crippen molar-refractivity contribution in [2.24, 2.45) is 7.05 Å². The maximum absolute atomic E-state index is 9.08. The lowest BCUT2D eigenvalue weighted by Gasteiger charge is -2.06. The summed E-state index contributed by atoms with van der Waals surface area (Å²) in [5, 5.41) is 13.7. The maximum Gasteiger partial charge on any atom is 0.221 e. The normalized spacial score (nSPS) is 10.6. The van der Waals surface area contributed by atoms with E-state index >= 15 is 0 Å². The van der Waals surface area contributed by atoms with E-state index < -0.39 is 0 Å². The summed E-state index contributed by atoms with van der Waals surface area (Å²) in [7, 11) is 1.78. The first-order chi connectivity index (χ1) is 8.10. The van der Waals surface area contributed by atoms with E-state index in [1.807, 2.05) is 6.92 Å². The summed E-state index contributed by atoms with van der Waals surface area (Å²) in [6, 6.07) is 3.40. The number of aliphatic hydroxyl groups is 1. The van der Waals surface area contributed by atoms with Gasteiger partial charge in [-0.1, -0.05) is 11.6 Å². The average Bonchev–Trinajstić information content (AvgIpc) is 2.60. The third-order valence-electron chi connectivity index (χ3n) is 2.25. The van der Waals surface area contributed by atoms with Crippen molar-refractivity contribution in [2.45, 2.75) is 13.5 Å². The second-order valence-electron chi connectivity index (χ2n) is 3.62. The highest BCUT2D eigenvalue weighted by molar-refractivity contribution is 6.31. The topological polar surface area (TPSA) is 60.2 Å². The number of hydrogen-bond donors (Lipinski definition) is 1. The first-order valence-corrected chi connectivity index (χ1v) is 5.41. The van der Waals surface area contributed by atoms with Crippen LogP contribution in [0.3, 0.4) is 0 Å². The van der Waals surface area contributed by atoms with Crippen molar-refractivity contribution >= 4 is 11.6 Å². The molecule has 0 atom stereocenters. The first kappa shape index (κ1) is 11.9. The van der Waals surface area contributed by atoms with E-state index in [2.05, 4.69) is 10.1 Å². The van der Waals surface area contributed by atoms with Gasteiger partial charge in [-0.05, 0) is 6.92 Å². The Bertz CT molecular complexity index is 540. The average molecular weight is 254 g/mol. The molecule has 6 heteroatoms. The Morgan fingerprint density at radius 2 is 2.24 bits per heavy atom. The van der Waals surface area contributed by atoms with E-state index in [4.69, 9.17) is 21.4 Å². The molecule has 0 aliphatic rings. The molecule has 0 bridgehead atoms. The van der Waals surface area contributed by atoms with Crippen LogP contribution >= 0.6 is 11.6 Å². The van der Waals surface area contributed by atoms with Gasteiger partial charge in [0.15, 0.2) is 0 Å². The largest absolute Gasteiger partial charge is 0.421 e. The Kier molecular flexibility index (Phi) is 3.31. The van der Waals surface area contributed by atoms with Gasteiger partial charge in [-0.15, -0.1) is 0 Å². The van der Waals surface area contributed by atoms with E-state index in [1.54, 1.807) is 23.9 Å². The smallest absolute Gasteiger partial charge is 0.221 e. The second-order valence-corrected chi connectivity index (χ2v) is 4.03. The molecule has 0 fully saturated rings. The van der Waals surface area contributed by atoms with Crippen molar-refractivity contribution in [3.8, 4) is 11.8 Å². The highest BCUT2D eigenvalue weighted by atomic mass is 35.5. The Balaban J connectivity index is 2.27. The van der Waals surface area contributed by atoms with Crippen molar-refractivity contribution in [3.05, 3.63) is 34.6 Å². The molecule has 2 rings (SSSR count). The molecule has 2 aromatic heterocycles. The Hall–Kier alpha value is -1.59. The van der Waals surface area contributed by atoms with E-state index in [9.17, 15) is 0 Å². The number of ether oxygens (including phenoxy) is 1. The fourth-order valence-electron chi connectivity index (χ4n) is 1.42. The molecule has 0 aliphatic heterocycles. The molecule has 0 aromatic carbocycles. The minimum Gasteiger partial charge on any atom is -0.421 e. The monoisotopic (exact) mass is 253 g/mol. The lowest BCUT2D eigenvalue weighted by molar-refractivity contribution is 0.281. The highest BCUT2D eigenvalue weighted by Crippen LogP contribution is 2.24. The van der Waals surface area contributed by atoms with Crippen LogP contribution in [0.25, 0.3) is 0 Å². The number of aryl methyl sites for hydroxylation is 2. The predicted molar refractivity (Wildman–Crippen MR) is 63.2 cm³/mol. The Morgan fingerprint density at radius 3 is 2.82 bits per heavy atom. The molecule has 90 valence electrons. The maximum atomic E-state index is 9.08. The molecule has 17 heavy (non-hydrogen) atoms. The summed E-state index contributed by atoms with van der Waals surface area (Å²) < 4.78 is 7.16. The van der Waals surface area contributed by atoms with Gasteiger partial charge in [0.25, 0.3) is 0 Å². The number of hydrogen-bond acceptors (Lipinski definition) is 4. The molecule has 0 saturated heterocycles. The molecular formula is C11H12ClN3O2. The molecule has 0 saturated carbocycles. The molecule has 0 aliphatic carbocycles. The zero-order valence-corrected chi connectivity index (χ0v) is 10.3. The molecule has 0 radical (unpaired) electrons. The van der Waals surface area contributed by atoms with Crippen LogP contribution < -0.4 is 4.74 Å². The zero-order chi connectivity index (χ0) is 12.4. The van der Waals surface area contributed by atoms with Crippen LogP contribution in [0.15, 0.2) is 18.3 Å². The summed E-state index contributed by atoms with van der Waals surface area (Å²) >= 11 is 5.84. The zero-order valence-electron chi connectivity index (χ0n) is 9.51. The van der Waals surface area contributed by atoms with Crippen molar-refractivity contribution in [2.75, 3.05) is 0 Å². The standard InChI is InChI=1S/C11H12ClN3O2/c1-7-3-11(15(2)14-7)17-10-4-8(6-16)9(12)5-13-10/h3-5,16H,6H2,1-2H3. The highest BCUT2D eigenvalue weighted by Gasteiger charge is 2.08. The first-order valence-electron chi connectivity index (χ1n) is 5.04. The third kappa shape index (κ3) is 2.57. The quantitative estimate of drug-likeness (QED) is 0.910. The fraction of sp³-hybridized carbons (Fsp3) is 0.273. The van der Waals surface area contributed by atoms with E-state index in [-0.39, 0.29) is 6.61 Å². The van der Waals surface area contributed by atoms with Crippen LogP contribution in [0.4, 0.5) is 0 Å². The molecule has 2 aromatic rings. The molecule has 0 spiro atoms. The number of nitrogens with zero attached hydrogens (tertiary/aromatic N) is 3. The summed E-state index contributed by atoms with van der Waals surface area (Å²) in [5.74, 6) is 0.961. The van der Waals surface area contributed by atoms with Crippen LogP contribution in [-0.4, -0.2) is 19.9 Å². The van der Waals surface area contributed by atoms with Crippen LogP contribution in [0.2, 0.25) is 5.02 Å². The molecule has 0 unspecified atom stereocenters. The van der Waals surface area contributed by atoms with Gasteiger partial charge in [0.1, 0.15) is 0 Å². The second kappa shape index (κ2) is 4.73. The number of halogens is 1. The molecule has 1 N–H and O–H groups in total. The van der Waals surface area contributed by atoms with Crippen molar-refractivity contribution in [1.29, 1.82) is 0 Å². The number of aliphatic hydroxyl groups excluding tert-OH is 1. The SMILES string of the molecule is Cc1cc(Oc2cc(CO)c(Cl)cn2)n(C)n1. The van der Waals surface area contributed by atoms with Crippen molar-refractivity contribution in [3.63, 3.8) is 0 Å². The Morgan fingerprint density at radius 1 is 1.47 bits per heavy atom. The van der Waals surface area contributed by atoms with Crippen LogP contribution in [0.1, 0.15) is 11.3 Å². The third-order valence-corrected chi connectivity index (χ3v) is 2.59. The van der Waals surface area contributed by atoms with E-state index in [0.29, 0.717) is 22.3 Å². The van der Waals surface area contributed by atoms with Gasteiger partial charge >= 0.3 is 0 Å². The Labute approximate surface area is 104 Å². The molecule has 5 nitrogen and oxygen atoms in total. The summed E-state index contributed by atoms with van der Waals surface area (Å²) in [4.78, 5) is 4.03. The number of aromatic nitrogens is 3. The van der Waals surface area contributed by atoms with Gasteiger partial charge in [0.2, 0.25) is 11.8 Å². The minimum absolute atomic E-state index is 0.151. The summed E-state index contributed by atoms with van der Waals surface area (Å²) in [6.07, 6.45) is 1.45. The van der Waals surface area contributed by atoms with Gasteiger partial charge in [0.05, 0.1) is 17.3 Å². The number of pyridine rings is 1. The summed E-state index contributed by atoms with van der Waals surface area (Å²) in [5.41, 5.74) is 1.44. The van der Waals surface area contributed by atoms with Gasteiger partial charge < -0.3 is 9.84 Å². The van der Waals surface area contributed by atoms with Crippen LogP contribution in [0.5, 0.6) is 11.8 Å². The predicted octanol–water partition coefficient (Wildman–Crippen LogP) is 2.06. The fourth-order valence-corrected chi connectivity index (χ4v) is 1.59. The van der Waals surface area contributed by atoms with Gasteiger partial charge in [-0.2, -0.15) is 5.10 Å². The van der Waals surface area contributed by atoms with Crippen LogP contribution in [-0.2, 0) is 13.7 Å². The van der Waals surface area contributed by atoms with Gasteiger partial charge in [-0.3, -0.25) is 0 Å². The van der Waals surface area contributed by atoms with Crippen molar-refractivity contribution < 1.29 is 9.84 Å². The van der Waals surface area contributed by atoms with E-state index in [1.165, 1.54) is 6.20 Å².